The fraction of sp³-hybridized carbons (Fsp3) is 0.500. The second kappa shape index (κ2) is 8.69. The summed E-state index contributed by atoms with van der Waals surface area (Å²) in [4.78, 5) is 27.3. The van der Waals surface area contributed by atoms with Crippen LogP contribution in [0.25, 0.3) is 0 Å². The molecular weight excluding hydrogens is 350 g/mol. The topological polar surface area (TPSA) is 61.4 Å². The Morgan fingerprint density at radius 1 is 1.19 bits per heavy atom. The third kappa shape index (κ3) is 4.10. The molecule has 3 amide bonds. The Morgan fingerprint density at radius 3 is 2.46 bits per heavy atom. The number of rotatable bonds is 5. The van der Waals surface area contributed by atoms with Crippen LogP contribution in [0.2, 0.25) is 0 Å². The number of hydrogen-bond acceptors (Lipinski definition) is 3. The highest BCUT2D eigenvalue weighted by Crippen LogP contribution is 2.35. The zero-order valence-electron chi connectivity index (χ0n) is 15.5. The standard InChI is InChI=1S/C20H27N3O2.ClH/c1-15(2)10-13-23-18(24)20(22-19(23)25,17-8-11-21-12-9-17)14-16-6-4-3-5-7-16;/h3-7,10,17,21H,8-9,11-14H2,1-2H3,(H,22,25);1H. The second-order valence-corrected chi connectivity index (χ2v) is 7.29. The zero-order valence-corrected chi connectivity index (χ0v) is 16.3. The maximum Gasteiger partial charge on any atom is 0.325 e. The SMILES string of the molecule is CC(C)=CCN1C(=O)NC(Cc2ccccc2)(C2CCNCC2)C1=O.Cl. The van der Waals surface area contributed by atoms with E-state index in [0.717, 1.165) is 37.1 Å². The first-order valence-corrected chi connectivity index (χ1v) is 9.05. The molecule has 2 fully saturated rings. The van der Waals surface area contributed by atoms with E-state index < -0.39 is 5.54 Å². The number of piperidine rings is 1. The number of imide groups is 1. The van der Waals surface area contributed by atoms with E-state index in [2.05, 4.69) is 10.6 Å². The third-order valence-electron chi connectivity index (χ3n) is 5.25. The molecule has 0 radical (unpaired) electrons. The largest absolute Gasteiger partial charge is 0.325 e. The molecule has 2 heterocycles. The first-order chi connectivity index (χ1) is 12.0. The monoisotopic (exact) mass is 377 g/mol. The Kier molecular flexibility index (Phi) is 6.84. The molecule has 2 aliphatic rings. The Bertz CT molecular complexity index is 667. The summed E-state index contributed by atoms with van der Waals surface area (Å²) in [5, 5.41) is 6.44. The van der Waals surface area contributed by atoms with Crippen molar-refractivity contribution in [3.05, 3.63) is 47.5 Å². The summed E-state index contributed by atoms with van der Waals surface area (Å²) < 4.78 is 0. The molecule has 1 atom stereocenters. The van der Waals surface area contributed by atoms with Gasteiger partial charge in [-0.2, -0.15) is 0 Å². The van der Waals surface area contributed by atoms with E-state index in [1.165, 1.54) is 4.90 Å². The lowest BCUT2D eigenvalue weighted by Crippen LogP contribution is -2.57. The minimum atomic E-state index is -0.823. The van der Waals surface area contributed by atoms with Crippen LogP contribution >= 0.6 is 12.4 Å². The molecule has 0 aliphatic carbocycles. The number of benzene rings is 1. The van der Waals surface area contributed by atoms with Gasteiger partial charge in [-0.15, -0.1) is 12.4 Å². The smallest absolute Gasteiger partial charge is 0.322 e. The van der Waals surface area contributed by atoms with Crippen LogP contribution in [0.15, 0.2) is 42.0 Å². The van der Waals surface area contributed by atoms with E-state index in [0.29, 0.717) is 13.0 Å². The Labute approximate surface area is 161 Å². The average molecular weight is 378 g/mol. The van der Waals surface area contributed by atoms with Gasteiger partial charge in [0.2, 0.25) is 0 Å². The van der Waals surface area contributed by atoms with Crippen molar-refractivity contribution in [3.8, 4) is 0 Å². The molecule has 2 saturated heterocycles. The lowest BCUT2D eigenvalue weighted by Gasteiger charge is -2.38. The number of nitrogens with one attached hydrogen (secondary N) is 2. The molecule has 0 bridgehead atoms. The second-order valence-electron chi connectivity index (χ2n) is 7.29. The van der Waals surface area contributed by atoms with Gasteiger partial charge in [0, 0.05) is 13.0 Å². The number of carbonyl (C=O) groups is 2. The van der Waals surface area contributed by atoms with Crippen molar-refractivity contribution in [2.24, 2.45) is 5.92 Å². The summed E-state index contributed by atoms with van der Waals surface area (Å²) in [5.41, 5.74) is 1.36. The lowest BCUT2D eigenvalue weighted by atomic mass is 9.74. The van der Waals surface area contributed by atoms with Crippen LogP contribution in [0, 0.1) is 5.92 Å². The fourth-order valence-electron chi connectivity index (χ4n) is 3.86. The van der Waals surface area contributed by atoms with Crippen LogP contribution in [0.4, 0.5) is 4.79 Å². The molecule has 142 valence electrons. The molecular formula is C20H28ClN3O2. The van der Waals surface area contributed by atoms with E-state index >= 15 is 0 Å². The van der Waals surface area contributed by atoms with Crippen molar-refractivity contribution in [1.82, 2.24) is 15.5 Å². The van der Waals surface area contributed by atoms with Crippen molar-refractivity contribution in [2.45, 2.75) is 38.6 Å². The van der Waals surface area contributed by atoms with Crippen LogP contribution in [0.5, 0.6) is 0 Å². The Balaban J connectivity index is 0.00000243. The third-order valence-corrected chi connectivity index (χ3v) is 5.25. The summed E-state index contributed by atoms with van der Waals surface area (Å²) in [6.45, 7) is 6.07. The maximum atomic E-state index is 13.3. The van der Waals surface area contributed by atoms with Gasteiger partial charge in [0.05, 0.1) is 0 Å². The lowest BCUT2D eigenvalue weighted by molar-refractivity contribution is -0.133. The Hall–Kier alpha value is -1.85. The van der Waals surface area contributed by atoms with Gasteiger partial charge < -0.3 is 10.6 Å². The zero-order chi connectivity index (χ0) is 17.9. The number of halogens is 1. The molecule has 6 heteroatoms. The van der Waals surface area contributed by atoms with Crippen molar-refractivity contribution in [3.63, 3.8) is 0 Å². The number of nitrogens with zero attached hydrogens (tertiary/aromatic N) is 1. The molecule has 1 unspecified atom stereocenters. The van der Waals surface area contributed by atoms with Gasteiger partial charge in [0.15, 0.2) is 0 Å². The van der Waals surface area contributed by atoms with Crippen molar-refractivity contribution in [2.75, 3.05) is 19.6 Å². The van der Waals surface area contributed by atoms with Gasteiger partial charge in [0.25, 0.3) is 5.91 Å². The van der Waals surface area contributed by atoms with Gasteiger partial charge >= 0.3 is 6.03 Å². The first kappa shape index (κ1) is 20.5. The summed E-state index contributed by atoms with van der Waals surface area (Å²) in [6, 6.07) is 9.72. The molecule has 1 aromatic rings. The highest BCUT2D eigenvalue weighted by molar-refractivity contribution is 6.07. The quantitative estimate of drug-likeness (QED) is 0.612. The molecule has 5 nitrogen and oxygen atoms in total. The van der Waals surface area contributed by atoms with Crippen molar-refractivity contribution < 1.29 is 9.59 Å². The van der Waals surface area contributed by atoms with Gasteiger partial charge in [0.1, 0.15) is 5.54 Å². The summed E-state index contributed by atoms with van der Waals surface area (Å²) in [6.07, 6.45) is 4.28. The average Bonchev–Trinajstić information content (AvgIpc) is 2.85. The highest BCUT2D eigenvalue weighted by Gasteiger charge is 2.55. The van der Waals surface area contributed by atoms with Crippen molar-refractivity contribution >= 4 is 24.3 Å². The number of carbonyl (C=O) groups excluding carboxylic acids is 2. The normalized spacial score (nSPS) is 23.4. The van der Waals surface area contributed by atoms with Crippen LogP contribution in [0.3, 0.4) is 0 Å². The number of amides is 3. The van der Waals surface area contributed by atoms with E-state index in [4.69, 9.17) is 0 Å². The minimum absolute atomic E-state index is 0. The van der Waals surface area contributed by atoms with E-state index in [1.54, 1.807) is 0 Å². The predicted octanol–water partition coefficient (Wildman–Crippen LogP) is 2.91. The van der Waals surface area contributed by atoms with Crippen molar-refractivity contribution in [1.29, 1.82) is 0 Å². The number of urea groups is 1. The van der Waals surface area contributed by atoms with Gasteiger partial charge in [-0.05, 0) is 51.3 Å². The molecule has 2 aliphatic heterocycles. The molecule has 26 heavy (non-hydrogen) atoms. The molecule has 3 rings (SSSR count). The molecule has 0 aromatic heterocycles. The molecule has 0 saturated carbocycles. The number of hydrogen-bond donors (Lipinski definition) is 2. The molecule has 0 spiro atoms. The summed E-state index contributed by atoms with van der Waals surface area (Å²) in [5.74, 6) is 0.0767. The Morgan fingerprint density at radius 2 is 1.85 bits per heavy atom. The first-order valence-electron chi connectivity index (χ1n) is 9.05. The highest BCUT2D eigenvalue weighted by atomic mass is 35.5. The van der Waals surface area contributed by atoms with Crippen LogP contribution in [-0.4, -0.2) is 42.0 Å². The number of allylic oxidation sites excluding steroid dienone is 1. The van der Waals surface area contributed by atoms with E-state index in [9.17, 15) is 9.59 Å². The summed E-state index contributed by atoms with van der Waals surface area (Å²) >= 11 is 0. The molecule has 1 aromatic carbocycles. The minimum Gasteiger partial charge on any atom is -0.322 e. The van der Waals surface area contributed by atoms with Crippen LogP contribution in [0.1, 0.15) is 32.3 Å². The fourth-order valence-corrected chi connectivity index (χ4v) is 3.86. The van der Waals surface area contributed by atoms with Gasteiger partial charge in [-0.1, -0.05) is 42.0 Å². The predicted molar refractivity (Wildman–Crippen MR) is 105 cm³/mol. The van der Waals surface area contributed by atoms with Gasteiger partial charge in [-0.25, -0.2) is 4.79 Å². The van der Waals surface area contributed by atoms with Gasteiger partial charge in [-0.3, -0.25) is 9.69 Å². The summed E-state index contributed by atoms with van der Waals surface area (Å²) in [7, 11) is 0. The maximum absolute atomic E-state index is 13.3. The van der Waals surface area contributed by atoms with Crippen LogP contribution < -0.4 is 10.6 Å². The van der Waals surface area contributed by atoms with Crippen LogP contribution in [-0.2, 0) is 11.2 Å². The van der Waals surface area contributed by atoms with E-state index in [-0.39, 0.29) is 30.3 Å². The van der Waals surface area contributed by atoms with E-state index in [1.807, 2.05) is 50.3 Å². The molecule has 2 N–H and O–H groups in total.